The van der Waals surface area contributed by atoms with E-state index in [-0.39, 0.29) is 45.8 Å². The molecule has 1 unspecified atom stereocenters. The van der Waals surface area contributed by atoms with E-state index in [1.807, 2.05) is 0 Å². The molecule has 1 saturated heterocycles. The fourth-order valence-electron chi connectivity index (χ4n) is 5.15. The highest BCUT2D eigenvalue weighted by Gasteiger charge is 2.52. The first-order valence-electron chi connectivity index (χ1n) is 11.1. The van der Waals surface area contributed by atoms with Gasteiger partial charge in [-0.05, 0) is 43.4 Å². The quantitative estimate of drug-likeness (QED) is 0.572. The molecule has 4 aliphatic rings. The number of carbonyl (C=O) groups is 2. The third-order valence-electron chi connectivity index (χ3n) is 6.85. The van der Waals surface area contributed by atoms with E-state index in [1.165, 1.54) is 18.2 Å². The summed E-state index contributed by atoms with van der Waals surface area (Å²) < 4.78 is 54.9. The number of fused-ring (bicyclic) bond motifs is 2. The van der Waals surface area contributed by atoms with Crippen LogP contribution in [0.2, 0.25) is 0 Å². The van der Waals surface area contributed by atoms with Gasteiger partial charge in [-0.1, -0.05) is 19.3 Å². The Morgan fingerprint density at radius 2 is 1.94 bits per heavy atom. The predicted octanol–water partition coefficient (Wildman–Crippen LogP) is 1.57. The Hall–Kier alpha value is -2.47. The minimum absolute atomic E-state index is 0.0742. The van der Waals surface area contributed by atoms with Gasteiger partial charge in [-0.3, -0.25) is 14.3 Å². The van der Waals surface area contributed by atoms with E-state index in [0.717, 1.165) is 38.4 Å². The third-order valence-corrected chi connectivity index (χ3v) is 8.79. The fraction of sp³-hybridized carbons (Fsp3) is 0.571. The van der Waals surface area contributed by atoms with E-state index in [2.05, 4.69) is 14.4 Å². The summed E-state index contributed by atoms with van der Waals surface area (Å²) in [5.41, 5.74) is 0.225. The molecule has 3 atom stereocenters. The van der Waals surface area contributed by atoms with E-state index in [0.29, 0.717) is 18.9 Å². The van der Waals surface area contributed by atoms with Crippen LogP contribution in [0.3, 0.4) is 0 Å². The molecular weight excluding hydrogens is 468 g/mol. The van der Waals surface area contributed by atoms with Crippen molar-refractivity contribution in [3.8, 4) is 0 Å². The third kappa shape index (κ3) is 4.25. The molecule has 2 heterocycles. The van der Waals surface area contributed by atoms with Crippen molar-refractivity contribution in [3.05, 3.63) is 18.2 Å². The number of likely N-dealkylation sites (tertiary alicyclic amines) is 1. The van der Waals surface area contributed by atoms with Gasteiger partial charge < -0.3 is 10.2 Å². The predicted molar refractivity (Wildman–Crippen MR) is 122 cm³/mol. The topological polar surface area (TPSA) is 142 Å². The lowest BCUT2D eigenvalue weighted by molar-refractivity contribution is -0.149. The van der Waals surface area contributed by atoms with Crippen LogP contribution < -0.4 is 10.0 Å². The van der Waals surface area contributed by atoms with Gasteiger partial charge in [0.2, 0.25) is 15.9 Å². The van der Waals surface area contributed by atoms with Crippen LogP contribution in [0.5, 0.6) is 0 Å². The second-order valence-corrected chi connectivity index (χ2v) is 12.7. The molecule has 2 aliphatic carbocycles. The minimum atomic E-state index is -4.25. The van der Waals surface area contributed by atoms with Gasteiger partial charge in [-0.15, -0.1) is 4.40 Å². The monoisotopic (exact) mass is 494 g/mol. The van der Waals surface area contributed by atoms with Crippen LogP contribution in [0, 0.1) is 17.8 Å². The molecule has 5 rings (SSSR count). The molecule has 1 amide bonds. The first-order valence-corrected chi connectivity index (χ1v) is 14.4. The smallest absolute Gasteiger partial charge is 0.286 e. The molecule has 178 valence electrons. The molecule has 2 saturated carbocycles. The van der Waals surface area contributed by atoms with E-state index in [1.54, 1.807) is 4.90 Å². The molecule has 0 spiro atoms. The molecule has 10 nitrogen and oxygen atoms in total. The van der Waals surface area contributed by atoms with Gasteiger partial charge in [0.1, 0.15) is 10.7 Å². The normalized spacial score (nSPS) is 28.6. The van der Waals surface area contributed by atoms with Crippen LogP contribution >= 0.6 is 0 Å². The van der Waals surface area contributed by atoms with Gasteiger partial charge in [0.15, 0.2) is 11.7 Å². The van der Waals surface area contributed by atoms with Crippen molar-refractivity contribution < 1.29 is 26.4 Å². The highest BCUT2D eigenvalue weighted by atomic mass is 32.2. The van der Waals surface area contributed by atoms with Crippen LogP contribution in [-0.4, -0.2) is 58.1 Å². The molecule has 1 aromatic carbocycles. The fourth-order valence-corrected chi connectivity index (χ4v) is 6.88. The summed E-state index contributed by atoms with van der Waals surface area (Å²) in [7, 11) is -7.85. The highest BCUT2D eigenvalue weighted by molar-refractivity contribution is 7.92. The molecule has 0 aromatic heterocycles. The Morgan fingerprint density at radius 1 is 1.18 bits per heavy atom. The van der Waals surface area contributed by atoms with E-state index in [9.17, 15) is 26.4 Å². The zero-order valence-electron chi connectivity index (χ0n) is 18.2. The molecule has 0 radical (unpaired) electrons. The van der Waals surface area contributed by atoms with Crippen molar-refractivity contribution in [2.24, 2.45) is 22.2 Å². The van der Waals surface area contributed by atoms with Crippen molar-refractivity contribution in [1.82, 2.24) is 4.90 Å². The maximum Gasteiger partial charge on any atom is 0.286 e. The van der Waals surface area contributed by atoms with Gasteiger partial charge in [0.05, 0.1) is 11.9 Å². The van der Waals surface area contributed by atoms with Gasteiger partial charge in [0.25, 0.3) is 10.0 Å². The van der Waals surface area contributed by atoms with Crippen molar-refractivity contribution in [3.63, 3.8) is 0 Å². The second-order valence-electron chi connectivity index (χ2n) is 9.37. The number of piperidine rings is 1. The van der Waals surface area contributed by atoms with Crippen LogP contribution in [-0.2, 0) is 29.6 Å². The van der Waals surface area contributed by atoms with Crippen LogP contribution in [0.25, 0.3) is 0 Å². The Labute approximate surface area is 192 Å². The molecule has 33 heavy (non-hydrogen) atoms. The molecule has 1 aromatic rings. The van der Waals surface area contributed by atoms with E-state index >= 15 is 0 Å². The van der Waals surface area contributed by atoms with Crippen LogP contribution in [0.15, 0.2) is 27.5 Å². The number of sulfonamides is 2. The second kappa shape index (κ2) is 7.79. The molecule has 12 heteroatoms. The van der Waals surface area contributed by atoms with Crippen LogP contribution in [0.1, 0.15) is 38.5 Å². The molecule has 0 bridgehead atoms. The molecule has 3 fully saturated rings. The standard InChI is InChI=1S/C21H26N4O6S2/c1-32(28,29)23-13-7-8-15-17(11-13)33(30,31)24-20(22-15)18-19(26)14-3-2-4-16(14)25(21(18)27)10-9-12-5-6-12/h7-8,11-12,14,16,18,23H,2-6,9-10H2,1H3,(H,22,24)/t14-,16+,18?/m0/s1. The van der Waals surface area contributed by atoms with Gasteiger partial charge in [0, 0.05) is 24.2 Å². The molecule has 2 aliphatic heterocycles. The van der Waals surface area contributed by atoms with Crippen molar-refractivity contribution in [1.29, 1.82) is 0 Å². The van der Waals surface area contributed by atoms with Crippen molar-refractivity contribution in [2.75, 3.05) is 22.8 Å². The Bertz CT molecular complexity index is 1270. The number of amidine groups is 1. The van der Waals surface area contributed by atoms with Gasteiger partial charge in [-0.25, -0.2) is 8.42 Å². The number of Topliss-reactive ketones (excluding diaryl/α,β-unsaturated/α-hetero) is 1. The molecule has 2 N–H and O–H groups in total. The minimum Gasteiger partial charge on any atom is -0.341 e. The summed E-state index contributed by atoms with van der Waals surface area (Å²) in [6.07, 6.45) is 6.52. The number of amides is 1. The lowest BCUT2D eigenvalue weighted by Crippen LogP contribution is -2.58. The van der Waals surface area contributed by atoms with Gasteiger partial charge in [-0.2, -0.15) is 8.42 Å². The maximum atomic E-state index is 13.5. The average molecular weight is 495 g/mol. The first kappa shape index (κ1) is 22.3. The number of nitrogens with one attached hydrogen (secondary N) is 2. The SMILES string of the molecule is CS(=O)(=O)Nc1ccc2c(c1)S(=O)(=O)N=C(C1C(=O)[C@H]3CCC[C@H]3N(CCC3CC3)C1=O)N2. The number of ketones is 1. The van der Waals surface area contributed by atoms with Gasteiger partial charge >= 0.3 is 0 Å². The zero-order valence-corrected chi connectivity index (χ0v) is 19.8. The number of nitrogens with zero attached hydrogens (tertiary/aromatic N) is 2. The maximum absolute atomic E-state index is 13.5. The number of rotatable bonds is 6. The number of anilines is 2. The summed E-state index contributed by atoms with van der Waals surface area (Å²) in [5, 5.41) is 2.88. The number of hydrogen-bond donors (Lipinski definition) is 2. The summed E-state index contributed by atoms with van der Waals surface area (Å²) in [6.45, 7) is 0.575. The highest BCUT2D eigenvalue weighted by Crippen LogP contribution is 2.41. The Balaban J connectivity index is 1.47. The number of carbonyl (C=O) groups excluding carboxylic acids is 2. The molecular formula is C21H26N4O6S2. The van der Waals surface area contributed by atoms with E-state index < -0.39 is 26.0 Å². The zero-order chi connectivity index (χ0) is 23.5. The van der Waals surface area contributed by atoms with Crippen LogP contribution in [0.4, 0.5) is 11.4 Å². The summed E-state index contributed by atoms with van der Waals surface area (Å²) in [6, 6.07) is 3.86. The Kier molecular flexibility index (Phi) is 5.27. The average Bonchev–Trinajstić information content (AvgIpc) is 3.40. The first-order chi connectivity index (χ1) is 15.5. The number of benzene rings is 1. The van der Waals surface area contributed by atoms with Crippen molar-refractivity contribution in [2.45, 2.75) is 49.5 Å². The lowest BCUT2D eigenvalue weighted by Gasteiger charge is -2.41. The Morgan fingerprint density at radius 3 is 2.64 bits per heavy atom. The van der Waals surface area contributed by atoms with E-state index in [4.69, 9.17) is 0 Å². The van der Waals surface area contributed by atoms with Crippen molar-refractivity contribution >= 4 is 48.9 Å². The largest absolute Gasteiger partial charge is 0.341 e. The summed E-state index contributed by atoms with van der Waals surface area (Å²) in [5.74, 6) is -1.79. The lowest BCUT2D eigenvalue weighted by atomic mass is 9.81. The number of hydrogen-bond acceptors (Lipinski definition) is 7. The summed E-state index contributed by atoms with van der Waals surface area (Å²) >= 11 is 0. The summed E-state index contributed by atoms with van der Waals surface area (Å²) in [4.78, 5) is 28.3.